The first-order valence-electron chi connectivity index (χ1n) is 6.85. The summed E-state index contributed by atoms with van der Waals surface area (Å²) in [5.41, 5.74) is 7.22. The lowest BCUT2D eigenvalue weighted by molar-refractivity contribution is -0.129. The van der Waals surface area contributed by atoms with Crippen LogP contribution >= 0.6 is 0 Å². The predicted molar refractivity (Wildman–Crippen MR) is 74.4 cm³/mol. The monoisotopic (exact) mass is 262 g/mol. The van der Waals surface area contributed by atoms with Crippen molar-refractivity contribution in [2.24, 2.45) is 5.73 Å². The van der Waals surface area contributed by atoms with Gasteiger partial charge in [0.15, 0.2) is 0 Å². The SMILES string of the molecule is CCC(N)C(c1ccccn1)N1CCNC(=O)C1C. The van der Waals surface area contributed by atoms with Gasteiger partial charge in [-0.15, -0.1) is 0 Å². The number of hydrogen-bond acceptors (Lipinski definition) is 4. The molecule has 104 valence electrons. The molecule has 3 unspecified atom stereocenters. The lowest BCUT2D eigenvalue weighted by Gasteiger charge is -2.41. The topological polar surface area (TPSA) is 71.2 Å². The van der Waals surface area contributed by atoms with Gasteiger partial charge in [0.25, 0.3) is 0 Å². The predicted octanol–water partition coefficient (Wildman–Crippen LogP) is 0.680. The maximum Gasteiger partial charge on any atom is 0.237 e. The highest BCUT2D eigenvalue weighted by atomic mass is 16.2. The summed E-state index contributed by atoms with van der Waals surface area (Å²) in [5, 5.41) is 2.88. The van der Waals surface area contributed by atoms with Crippen molar-refractivity contribution in [2.75, 3.05) is 13.1 Å². The molecule has 1 saturated heterocycles. The van der Waals surface area contributed by atoms with Crippen molar-refractivity contribution >= 4 is 5.91 Å². The van der Waals surface area contributed by atoms with Crippen LogP contribution in [-0.2, 0) is 4.79 Å². The zero-order valence-electron chi connectivity index (χ0n) is 11.5. The number of nitrogens with two attached hydrogens (primary N) is 1. The zero-order chi connectivity index (χ0) is 13.8. The number of carbonyl (C=O) groups excluding carboxylic acids is 1. The number of nitrogens with one attached hydrogen (secondary N) is 1. The summed E-state index contributed by atoms with van der Waals surface area (Å²) in [4.78, 5) is 18.4. The molecular weight excluding hydrogens is 240 g/mol. The van der Waals surface area contributed by atoms with Gasteiger partial charge in [-0.05, 0) is 25.5 Å². The highest BCUT2D eigenvalue weighted by molar-refractivity contribution is 5.82. The molecule has 19 heavy (non-hydrogen) atoms. The zero-order valence-corrected chi connectivity index (χ0v) is 11.5. The van der Waals surface area contributed by atoms with Crippen molar-refractivity contribution in [1.82, 2.24) is 15.2 Å². The quantitative estimate of drug-likeness (QED) is 0.837. The maximum atomic E-state index is 11.8. The van der Waals surface area contributed by atoms with Gasteiger partial charge in [0.1, 0.15) is 0 Å². The van der Waals surface area contributed by atoms with Crippen molar-refractivity contribution in [3.8, 4) is 0 Å². The molecule has 1 fully saturated rings. The van der Waals surface area contributed by atoms with E-state index in [4.69, 9.17) is 5.73 Å². The number of pyridine rings is 1. The third-order valence-corrected chi connectivity index (χ3v) is 3.77. The van der Waals surface area contributed by atoms with E-state index in [0.29, 0.717) is 6.54 Å². The van der Waals surface area contributed by atoms with Crippen molar-refractivity contribution in [1.29, 1.82) is 0 Å². The average Bonchev–Trinajstić information content (AvgIpc) is 2.44. The Morgan fingerprint density at radius 2 is 2.37 bits per heavy atom. The number of piperazine rings is 1. The number of amides is 1. The first kappa shape index (κ1) is 14.0. The Kier molecular flexibility index (Phi) is 4.50. The van der Waals surface area contributed by atoms with Crippen LogP contribution in [0.5, 0.6) is 0 Å². The van der Waals surface area contributed by atoms with Gasteiger partial charge in [-0.1, -0.05) is 13.0 Å². The standard InChI is InChI=1S/C14H22N4O/c1-3-11(15)13(12-6-4-5-7-16-12)18-9-8-17-14(19)10(18)2/h4-7,10-11,13H,3,8-9,15H2,1-2H3,(H,17,19). The summed E-state index contributed by atoms with van der Waals surface area (Å²) in [6.45, 7) is 5.47. The van der Waals surface area contributed by atoms with E-state index < -0.39 is 0 Å². The van der Waals surface area contributed by atoms with E-state index in [1.165, 1.54) is 0 Å². The lowest BCUT2D eigenvalue weighted by Crippen LogP contribution is -2.57. The molecule has 0 radical (unpaired) electrons. The van der Waals surface area contributed by atoms with Crippen molar-refractivity contribution in [3.05, 3.63) is 30.1 Å². The van der Waals surface area contributed by atoms with E-state index in [9.17, 15) is 4.79 Å². The molecule has 0 aliphatic carbocycles. The van der Waals surface area contributed by atoms with Crippen molar-refractivity contribution in [2.45, 2.75) is 38.4 Å². The second kappa shape index (κ2) is 6.12. The minimum Gasteiger partial charge on any atom is -0.353 e. The van der Waals surface area contributed by atoms with Gasteiger partial charge < -0.3 is 11.1 Å². The van der Waals surface area contributed by atoms with Gasteiger partial charge in [0, 0.05) is 25.3 Å². The molecule has 2 rings (SSSR count). The minimum atomic E-state index is -0.168. The van der Waals surface area contributed by atoms with Crippen molar-refractivity contribution in [3.63, 3.8) is 0 Å². The Bertz CT molecular complexity index is 423. The molecule has 1 amide bonds. The van der Waals surface area contributed by atoms with Crippen LogP contribution in [-0.4, -0.2) is 41.0 Å². The van der Waals surface area contributed by atoms with Gasteiger partial charge in [0.05, 0.1) is 17.8 Å². The molecule has 1 aliphatic heterocycles. The molecule has 1 aliphatic rings. The smallest absolute Gasteiger partial charge is 0.237 e. The minimum absolute atomic E-state index is 0.00718. The van der Waals surface area contributed by atoms with Crippen LogP contribution in [0.3, 0.4) is 0 Å². The van der Waals surface area contributed by atoms with Gasteiger partial charge in [-0.2, -0.15) is 0 Å². The summed E-state index contributed by atoms with van der Waals surface area (Å²) < 4.78 is 0. The van der Waals surface area contributed by atoms with Crippen LogP contribution in [0.25, 0.3) is 0 Å². The average molecular weight is 262 g/mol. The molecule has 1 aromatic heterocycles. The molecule has 2 heterocycles. The molecule has 5 nitrogen and oxygen atoms in total. The van der Waals surface area contributed by atoms with Gasteiger partial charge in [-0.25, -0.2) is 0 Å². The largest absolute Gasteiger partial charge is 0.353 e. The van der Waals surface area contributed by atoms with E-state index in [2.05, 4.69) is 22.1 Å². The maximum absolute atomic E-state index is 11.8. The van der Waals surface area contributed by atoms with Crippen LogP contribution in [0, 0.1) is 0 Å². The normalized spacial score (nSPS) is 23.7. The first-order chi connectivity index (χ1) is 9.15. The molecule has 0 saturated carbocycles. The summed E-state index contributed by atoms with van der Waals surface area (Å²) in [6.07, 6.45) is 2.63. The Morgan fingerprint density at radius 1 is 1.58 bits per heavy atom. The fourth-order valence-electron chi connectivity index (χ4n) is 2.59. The Balaban J connectivity index is 2.30. The third kappa shape index (κ3) is 2.93. The fourth-order valence-corrected chi connectivity index (χ4v) is 2.59. The second-order valence-corrected chi connectivity index (χ2v) is 4.98. The summed E-state index contributed by atoms with van der Waals surface area (Å²) in [5.74, 6) is 0.0653. The van der Waals surface area contributed by atoms with Gasteiger partial charge in [0.2, 0.25) is 5.91 Å². The van der Waals surface area contributed by atoms with E-state index in [-0.39, 0.29) is 24.0 Å². The first-order valence-corrected chi connectivity index (χ1v) is 6.85. The highest BCUT2D eigenvalue weighted by Crippen LogP contribution is 2.26. The lowest BCUT2D eigenvalue weighted by atomic mass is 9.98. The molecule has 0 aromatic carbocycles. The van der Waals surface area contributed by atoms with E-state index >= 15 is 0 Å². The van der Waals surface area contributed by atoms with Crippen LogP contribution in [0.15, 0.2) is 24.4 Å². The summed E-state index contributed by atoms with van der Waals surface area (Å²) in [7, 11) is 0. The molecule has 0 spiro atoms. The molecule has 5 heteroatoms. The Morgan fingerprint density at radius 3 is 3.00 bits per heavy atom. The van der Waals surface area contributed by atoms with E-state index in [0.717, 1.165) is 18.7 Å². The Labute approximate surface area is 114 Å². The number of aromatic nitrogens is 1. The summed E-state index contributed by atoms with van der Waals surface area (Å²) >= 11 is 0. The van der Waals surface area contributed by atoms with Crippen LogP contribution in [0.4, 0.5) is 0 Å². The molecular formula is C14H22N4O. The van der Waals surface area contributed by atoms with Gasteiger partial charge in [-0.3, -0.25) is 14.7 Å². The molecule has 3 atom stereocenters. The molecule has 0 bridgehead atoms. The molecule has 1 aromatic rings. The third-order valence-electron chi connectivity index (χ3n) is 3.77. The highest BCUT2D eigenvalue weighted by Gasteiger charge is 2.35. The van der Waals surface area contributed by atoms with Crippen molar-refractivity contribution < 1.29 is 4.79 Å². The fraction of sp³-hybridized carbons (Fsp3) is 0.571. The number of rotatable bonds is 4. The van der Waals surface area contributed by atoms with Crippen LogP contribution in [0.1, 0.15) is 32.0 Å². The van der Waals surface area contributed by atoms with Crippen LogP contribution < -0.4 is 11.1 Å². The van der Waals surface area contributed by atoms with Crippen LogP contribution in [0.2, 0.25) is 0 Å². The number of hydrogen-bond donors (Lipinski definition) is 2. The Hall–Kier alpha value is -1.46. The molecule has 3 N–H and O–H groups in total. The van der Waals surface area contributed by atoms with E-state index in [1.54, 1.807) is 6.20 Å². The second-order valence-electron chi connectivity index (χ2n) is 4.98. The van der Waals surface area contributed by atoms with Gasteiger partial charge >= 0.3 is 0 Å². The number of nitrogens with zero attached hydrogens (tertiary/aromatic N) is 2. The number of carbonyl (C=O) groups is 1. The van der Waals surface area contributed by atoms with E-state index in [1.807, 2.05) is 25.1 Å². The summed E-state index contributed by atoms with van der Waals surface area (Å²) in [6, 6.07) is 5.64.